The van der Waals surface area contributed by atoms with Crippen LogP contribution in [0.15, 0.2) is 36.4 Å². The van der Waals surface area contributed by atoms with Gasteiger partial charge in [0.05, 0.1) is 0 Å². The molecule has 94 valence electrons. The summed E-state index contributed by atoms with van der Waals surface area (Å²) in [5.41, 5.74) is 6.86. The van der Waals surface area contributed by atoms with E-state index in [1.807, 2.05) is 24.3 Å². The Labute approximate surface area is 106 Å². The first kappa shape index (κ1) is 11.1. The summed E-state index contributed by atoms with van der Waals surface area (Å²) in [6.45, 7) is 0. The second-order valence-corrected chi connectivity index (χ2v) is 5.06. The van der Waals surface area contributed by atoms with Gasteiger partial charge in [-0.15, -0.1) is 0 Å². The van der Waals surface area contributed by atoms with Crippen LogP contribution in [0.25, 0.3) is 0 Å². The van der Waals surface area contributed by atoms with Gasteiger partial charge < -0.3 is 16.4 Å². The number of nitrogens with two attached hydrogens (primary N) is 1. The average molecular weight is 243 g/mol. The van der Waals surface area contributed by atoms with E-state index in [0.29, 0.717) is 12.0 Å². The van der Waals surface area contributed by atoms with Crippen molar-refractivity contribution in [2.75, 3.05) is 10.6 Å². The Balaban J connectivity index is 1.66. The zero-order chi connectivity index (χ0) is 12.5. The highest BCUT2D eigenvalue weighted by Gasteiger charge is 2.40. The highest BCUT2D eigenvalue weighted by Crippen LogP contribution is 2.44. The SMILES string of the molecule is NC(=O)Nc1cccc(NC2CC3CC=CC32)c1. The molecule has 2 amide bonds. The van der Waals surface area contributed by atoms with E-state index in [-0.39, 0.29) is 0 Å². The maximum atomic E-state index is 10.8. The first-order valence-corrected chi connectivity index (χ1v) is 6.32. The van der Waals surface area contributed by atoms with Crippen LogP contribution in [0.5, 0.6) is 0 Å². The first-order valence-electron chi connectivity index (χ1n) is 6.32. The van der Waals surface area contributed by atoms with Gasteiger partial charge in [-0.25, -0.2) is 4.79 Å². The number of anilines is 2. The number of hydrogen-bond donors (Lipinski definition) is 3. The first-order chi connectivity index (χ1) is 8.72. The molecule has 0 bridgehead atoms. The van der Waals surface area contributed by atoms with Gasteiger partial charge in [-0.05, 0) is 37.0 Å². The van der Waals surface area contributed by atoms with Crippen LogP contribution in [-0.4, -0.2) is 12.1 Å². The second-order valence-electron chi connectivity index (χ2n) is 5.06. The summed E-state index contributed by atoms with van der Waals surface area (Å²) in [6.07, 6.45) is 7.05. The normalized spacial score (nSPS) is 28.3. The molecule has 2 aliphatic carbocycles. The van der Waals surface area contributed by atoms with Crippen molar-refractivity contribution in [2.24, 2.45) is 17.6 Å². The predicted molar refractivity (Wildman–Crippen MR) is 72.4 cm³/mol. The van der Waals surface area contributed by atoms with Crippen LogP contribution in [0.2, 0.25) is 0 Å². The van der Waals surface area contributed by atoms with Gasteiger partial charge in [-0.1, -0.05) is 18.2 Å². The minimum atomic E-state index is -0.533. The molecule has 3 rings (SSSR count). The summed E-state index contributed by atoms with van der Waals surface area (Å²) in [4.78, 5) is 10.8. The molecule has 1 fully saturated rings. The smallest absolute Gasteiger partial charge is 0.316 e. The third kappa shape index (κ3) is 2.06. The topological polar surface area (TPSA) is 67.2 Å². The van der Waals surface area contributed by atoms with Crippen LogP contribution in [0.4, 0.5) is 16.2 Å². The third-order valence-corrected chi connectivity index (χ3v) is 3.84. The van der Waals surface area contributed by atoms with Crippen molar-refractivity contribution >= 4 is 17.4 Å². The van der Waals surface area contributed by atoms with E-state index in [0.717, 1.165) is 17.3 Å². The van der Waals surface area contributed by atoms with Crippen molar-refractivity contribution in [3.8, 4) is 0 Å². The van der Waals surface area contributed by atoms with Gasteiger partial charge in [0.25, 0.3) is 0 Å². The number of fused-ring (bicyclic) bond motifs is 1. The predicted octanol–water partition coefficient (Wildman–Crippen LogP) is 2.55. The number of hydrogen-bond acceptors (Lipinski definition) is 2. The van der Waals surface area contributed by atoms with Crippen molar-refractivity contribution in [3.05, 3.63) is 36.4 Å². The van der Waals surface area contributed by atoms with Crippen LogP contribution in [0, 0.1) is 11.8 Å². The van der Waals surface area contributed by atoms with E-state index >= 15 is 0 Å². The monoisotopic (exact) mass is 243 g/mol. The summed E-state index contributed by atoms with van der Waals surface area (Å²) in [5.74, 6) is 1.52. The van der Waals surface area contributed by atoms with E-state index in [1.54, 1.807) is 0 Å². The van der Waals surface area contributed by atoms with Crippen LogP contribution < -0.4 is 16.4 Å². The summed E-state index contributed by atoms with van der Waals surface area (Å²) in [5, 5.41) is 6.11. The number of rotatable bonds is 3. The molecule has 0 aliphatic heterocycles. The molecule has 1 saturated carbocycles. The lowest BCUT2D eigenvalue weighted by Crippen LogP contribution is -2.43. The van der Waals surface area contributed by atoms with Gasteiger partial charge in [0.15, 0.2) is 0 Å². The molecule has 2 aliphatic rings. The van der Waals surface area contributed by atoms with Gasteiger partial charge in [0.1, 0.15) is 0 Å². The average Bonchev–Trinajstić information content (AvgIpc) is 2.67. The van der Waals surface area contributed by atoms with E-state index in [2.05, 4.69) is 22.8 Å². The van der Waals surface area contributed by atoms with Crippen LogP contribution >= 0.6 is 0 Å². The Bertz CT molecular complexity index is 498. The highest BCUT2D eigenvalue weighted by atomic mass is 16.2. The Hall–Kier alpha value is -1.97. The molecule has 0 radical (unpaired) electrons. The number of primary amides is 1. The number of allylic oxidation sites excluding steroid dienone is 1. The number of carbonyl (C=O) groups excluding carboxylic acids is 1. The molecule has 4 nitrogen and oxygen atoms in total. The van der Waals surface area contributed by atoms with E-state index in [4.69, 9.17) is 5.73 Å². The third-order valence-electron chi connectivity index (χ3n) is 3.84. The van der Waals surface area contributed by atoms with Gasteiger partial charge in [-0.2, -0.15) is 0 Å². The summed E-state index contributed by atoms with van der Waals surface area (Å²) in [6, 6.07) is 7.66. The van der Waals surface area contributed by atoms with Crippen molar-refractivity contribution in [1.82, 2.24) is 0 Å². The minimum absolute atomic E-state index is 0.526. The number of amides is 2. The van der Waals surface area contributed by atoms with Crippen molar-refractivity contribution in [3.63, 3.8) is 0 Å². The van der Waals surface area contributed by atoms with Crippen LogP contribution in [0.3, 0.4) is 0 Å². The molecule has 0 aromatic heterocycles. The molecule has 0 saturated heterocycles. The number of nitrogens with one attached hydrogen (secondary N) is 2. The maximum absolute atomic E-state index is 10.8. The summed E-state index contributed by atoms with van der Waals surface area (Å²) < 4.78 is 0. The fourth-order valence-electron chi connectivity index (χ4n) is 2.93. The molecule has 0 heterocycles. The van der Waals surface area contributed by atoms with Crippen LogP contribution in [-0.2, 0) is 0 Å². The molecule has 1 aromatic carbocycles. The van der Waals surface area contributed by atoms with Gasteiger partial charge in [0.2, 0.25) is 0 Å². The maximum Gasteiger partial charge on any atom is 0.316 e. The molecular weight excluding hydrogens is 226 g/mol. The van der Waals surface area contributed by atoms with Gasteiger partial charge >= 0.3 is 6.03 Å². The Morgan fingerprint density at radius 3 is 2.94 bits per heavy atom. The number of urea groups is 1. The largest absolute Gasteiger partial charge is 0.382 e. The lowest BCUT2D eigenvalue weighted by atomic mass is 9.71. The van der Waals surface area contributed by atoms with Crippen molar-refractivity contribution in [2.45, 2.75) is 18.9 Å². The molecule has 1 aromatic rings. The number of benzene rings is 1. The zero-order valence-corrected chi connectivity index (χ0v) is 10.1. The van der Waals surface area contributed by atoms with E-state index in [9.17, 15) is 4.79 Å². The minimum Gasteiger partial charge on any atom is -0.382 e. The van der Waals surface area contributed by atoms with Gasteiger partial charge in [0, 0.05) is 23.3 Å². The molecular formula is C14H17N3O. The van der Waals surface area contributed by atoms with Gasteiger partial charge in [-0.3, -0.25) is 0 Å². The lowest BCUT2D eigenvalue weighted by molar-refractivity contribution is 0.218. The molecule has 4 heteroatoms. The fraction of sp³-hybridized carbons (Fsp3) is 0.357. The highest BCUT2D eigenvalue weighted by molar-refractivity contribution is 5.88. The van der Waals surface area contributed by atoms with Crippen LogP contribution in [0.1, 0.15) is 12.8 Å². The standard InChI is InChI=1S/C14H17N3O/c15-14(18)17-11-5-2-4-10(8-11)16-13-7-9-3-1-6-12(9)13/h1-2,4-6,8-9,12-13,16H,3,7H2,(H3,15,17,18). The second kappa shape index (κ2) is 4.37. The molecule has 0 spiro atoms. The quantitative estimate of drug-likeness (QED) is 0.714. The summed E-state index contributed by atoms with van der Waals surface area (Å²) in [7, 11) is 0. The Morgan fingerprint density at radius 1 is 1.33 bits per heavy atom. The molecule has 3 unspecified atom stereocenters. The summed E-state index contributed by atoms with van der Waals surface area (Å²) >= 11 is 0. The van der Waals surface area contributed by atoms with Crippen molar-refractivity contribution < 1.29 is 4.79 Å². The molecule has 4 N–H and O–H groups in total. The molecule has 3 atom stereocenters. The lowest BCUT2D eigenvalue weighted by Gasteiger charge is -2.41. The fourth-order valence-corrected chi connectivity index (χ4v) is 2.93. The van der Waals surface area contributed by atoms with E-state index in [1.165, 1.54) is 12.8 Å². The molecule has 18 heavy (non-hydrogen) atoms. The Morgan fingerprint density at radius 2 is 2.17 bits per heavy atom. The Kier molecular flexibility index (Phi) is 2.70. The number of carbonyl (C=O) groups is 1. The van der Waals surface area contributed by atoms with Crippen molar-refractivity contribution in [1.29, 1.82) is 0 Å². The zero-order valence-electron chi connectivity index (χ0n) is 10.1. The van der Waals surface area contributed by atoms with E-state index < -0.39 is 6.03 Å².